The van der Waals surface area contributed by atoms with Crippen LogP contribution in [0.5, 0.6) is 0 Å². The minimum Gasteiger partial charge on any atom is -0.364 e. The van der Waals surface area contributed by atoms with E-state index in [1.165, 1.54) is 19.1 Å². The van der Waals surface area contributed by atoms with Gasteiger partial charge >= 0.3 is 0 Å². The minimum atomic E-state index is -0.125. The average Bonchev–Trinajstić information content (AvgIpc) is 2.88. The van der Waals surface area contributed by atoms with Gasteiger partial charge in [0.05, 0.1) is 0 Å². The summed E-state index contributed by atoms with van der Waals surface area (Å²) in [6, 6.07) is 3.04. The molecule has 2 aliphatic rings. The Kier molecular flexibility index (Phi) is 2.40. The first-order valence-corrected chi connectivity index (χ1v) is 5.78. The summed E-state index contributed by atoms with van der Waals surface area (Å²) in [5, 5.41) is 10.2. The maximum absolute atomic E-state index is 11.8. The van der Waals surface area contributed by atoms with E-state index in [0.29, 0.717) is 17.8 Å². The number of hydrogen-bond acceptors (Lipinski definition) is 4. The minimum absolute atomic E-state index is 0.125. The summed E-state index contributed by atoms with van der Waals surface area (Å²) in [6.07, 6.45) is 5.95. The molecule has 5 heteroatoms. The van der Waals surface area contributed by atoms with E-state index in [9.17, 15) is 4.79 Å². The molecule has 5 nitrogen and oxygen atoms in total. The Morgan fingerprint density at radius 1 is 1.44 bits per heavy atom. The molecule has 0 aromatic carbocycles. The molecule has 2 aliphatic heterocycles. The van der Waals surface area contributed by atoms with E-state index in [1.807, 2.05) is 0 Å². The molecular formula is C11H15N3O2. The molecule has 0 aliphatic carbocycles. The van der Waals surface area contributed by atoms with Crippen molar-refractivity contribution in [1.82, 2.24) is 15.8 Å². The number of nitrogens with one attached hydrogen (secondary N) is 2. The fourth-order valence-corrected chi connectivity index (χ4v) is 2.76. The molecule has 0 radical (unpaired) electrons. The van der Waals surface area contributed by atoms with Crippen LogP contribution in [0.25, 0.3) is 0 Å². The molecule has 0 spiro atoms. The summed E-state index contributed by atoms with van der Waals surface area (Å²) in [5.74, 6) is -0.125. The molecule has 1 amide bonds. The first kappa shape index (κ1) is 9.84. The number of piperidine rings is 1. The Balaban J connectivity index is 1.61. The summed E-state index contributed by atoms with van der Waals surface area (Å²) < 4.78 is 4.66. The second kappa shape index (κ2) is 3.90. The highest BCUT2D eigenvalue weighted by Gasteiger charge is 2.34. The first-order chi connectivity index (χ1) is 7.81. The topological polar surface area (TPSA) is 67.2 Å². The lowest BCUT2D eigenvalue weighted by atomic mass is 10.00. The lowest BCUT2D eigenvalue weighted by Crippen LogP contribution is -2.48. The number of carbonyl (C=O) groups is 1. The molecule has 2 saturated heterocycles. The van der Waals surface area contributed by atoms with Crippen molar-refractivity contribution < 1.29 is 9.32 Å². The quantitative estimate of drug-likeness (QED) is 0.771. The van der Waals surface area contributed by atoms with Gasteiger partial charge in [0.25, 0.3) is 5.91 Å². The van der Waals surface area contributed by atoms with E-state index < -0.39 is 0 Å². The Bertz CT molecular complexity index is 365. The zero-order chi connectivity index (χ0) is 11.0. The lowest BCUT2D eigenvalue weighted by molar-refractivity contribution is 0.0915. The molecule has 3 heterocycles. The van der Waals surface area contributed by atoms with E-state index in [4.69, 9.17) is 0 Å². The maximum atomic E-state index is 11.8. The van der Waals surface area contributed by atoms with Gasteiger partial charge in [0.2, 0.25) is 0 Å². The number of fused-ring (bicyclic) bond motifs is 2. The van der Waals surface area contributed by atoms with Crippen LogP contribution in [0.3, 0.4) is 0 Å². The Morgan fingerprint density at radius 2 is 2.19 bits per heavy atom. The zero-order valence-corrected chi connectivity index (χ0v) is 8.98. The van der Waals surface area contributed by atoms with Crippen molar-refractivity contribution in [2.45, 2.75) is 43.8 Å². The fourth-order valence-electron chi connectivity index (χ4n) is 2.76. The highest BCUT2D eigenvalue weighted by Crippen LogP contribution is 2.26. The monoisotopic (exact) mass is 221 g/mol. The molecule has 2 fully saturated rings. The third-order valence-electron chi connectivity index (χ3n) is 3.48. The third-order valence-corrected chi connectivity index (χ3v) is 3.48. The second-order valence-corrected chi connectivity index (χ2v) is 4.66. The molecule has 2 bridgehead atoms. The number of amides is 1. The van der Waals surface area contributed by atoms with Gasteiger partial charge in [0.1, 0.15) is 6.26 Å². The van der Waals surface area contributed by atoms with Crippen LogP contribution in [-0.4, -0.2) is 29.2 Å². The van der Waals surface area contributed by atoms with Crippen LogP contribution in [-0.2, 0) is 0 Å². The smallest absolute Gasteiger partial charge is 0.273 e. The number of rotatable bonds is 2. The molecule has 86 valence electrons. The van der Waals surface area contributed by atoms with Crippen molar-refractivity contribution in [3.05, 3.63) is 18.0 Å². The van der Waals surface area contributed by atoms with Crippen LogP contribution in [0.1, 0.15) is 36.2 Å². The van der Waals surface area contributed by atoms with Crippen LogP contribution in [0.4, 0.5) is 0 Å². The standard InChI is InChI=1S/C11H15N3O2/c15-11(10-3-4-16-14-10)13-9-5-7-1-2-8(6-9)12-7/h3-4,7-9,12H,1-2,5-6H2,(H,13,15). The van der Waals surface area contributed by atoms with Crippen molar-refractivity contribution in [3.8, 4) is 0 Å². The molecule has 2 unspecified atom stereocenters. The van der Waals surface area contributed by atoms with Gasteiger partial charge in [0.15, 0.2) is 5.69 Å². The van der Waals surface area contributed by atoms with Crippen LogP contribution < -0.4 is 10.6 Å². The molecule has 3 rings (SSSR count). The summed E-state index contributed by atoms with van der Waals surface area (Å²) in [4.78, 5) is 11.8. The molecule has 2 atom stereocenters. The van der Waals surface area contributed by atoms with E-state index in [1.54, 1.807) is 6.07 Å². The van der Waals surface area contributed by atoms with Crippen molar-refractivity contribution in [2.24, 2.45) is 0 Å². The molecular weight excluding hydrogens is 206 g/mol. The predicted molar refractivity (Wildman–Crippen MR) is 56.9 cm³/mol. The molecule has 1 aromatic heterocycles. The van der Waals surface area contributed by atoms with E-state index in [0.717, 1.165) is 12.8 Å². The van der Waals surface area contributed by atoms with Crippen LogP contribution >= 0.6 is 0 Å². The third kappa shape index (κ3) is 1.82. The number of aromatic nitrogens is 1. The van der Waals surface area contributed by atoms with Crippen molar-refractivity contribution in [2.75, 3.05) is 0 Å². The van der Waals surface area contributed by atoms with Crippen LogP contribution in [0.15, 0.2) is 16.9 Å². The molecule has 2 N–H and O–H groups in total. The number of carbonyl (C=O) groups excluding carboxylic acids is 1. The Labute approximate surface area is 93.6 Å². The van der Waals surface area contributed by atoms with Crippen LogP contribution in [0, 0.1) is 0 Å². The van der Waals surface area contributed by atoms with E-state index >= 15 is 0 Å². The normalized spacial score (nSPS) is 32.6. The number of nitrogens with zero attached hydrogens (tertiary/aromatic N) is 1. The van der Waals surface area contributed by atoms with Gasteiger partial charge in [-0.15, -0.1) is 0 Å². The molecule has 1 aromatic rings. The second-order valence-electron chi connectivity index (χ2n) is 4.66. The first-order valence-electron chi connectivity index (χ1n) is 5.78. The molecule has 0 saturated carbocycles. The Hall–Kier alpha value is -1.36. The van der Waals surface area contributed by atoms with Gasteiger partial charge in [-0.05, 0) is 25.7 Å². The van der Waals surface area contributed by atoms with Crippen molar-refractivity contribution >= 4 is 5.91 Å². The summed E-state index contributed by atoms with van der Waals surface area (Å²) in [5.41, 5.74) is 0.367. The van der Waals surface area contributed by atoms with Gasteiger partial charge in [-0.3, -0.25) is 4.79 Å². The summed E-state index contributed by atoms with van der Waals surface area (Å²) in [6.45, 7) is 0. The van der Waals surface area contributed by atoms with Gasteiger partial charge < -0.3 is 15.2 Å². The van der Waals surface area contributed by atoms with Crippen molar-refractivity contribution in [1.29, 1.82) is 0 Å². The lowest BCUT2D eigenvalue weighted by Gasteiger charge is -2.29. The van der Waals surface area contributed by atoms with Gasteiger partial charge in [0, 0.05) is 24.2 Å². The van der Waals surface area contributed by atoms with Gasteiger partial charge in [-0.25, -0.2) is 0 Å². The zero-order valence-electron chi connectivity index (χ0n) is 8.98. The van der Waals surface area contributed by atoms with Gasteiger partial charge in [-0.2, -0.15) is 0 Å². The molecule has 16 heavy (non-hydrogen) atoms. The van der Waals surface area contributed by atoms with Crippen LogP contribution in [0.2, 0.25) is 0 Å². The predicted octanol–water partition coefficient (Wildman–Crippen LogP) is 0.687. The SMILES string of the molecule is O=C(NC1CC2CCC(C1)N2)c1ccon1. The average molecular weight is 221 g/mol. The number of hydrogen-bond donors (Lipinski definition) is 2. The van der Waals surface area contributed by atoms with E-state index in [-0.39, 0.29) is 11.9 Å². The van der Waals surface area contributed by atoms with Gasteiger partial charge in [-0.1, -0.05) is 5.16 Å². The largest absolute Gasteiger partial charge is 0.364 e. The van der Waals surface area contributed by atoms with Crippen molar-refractivity contribution in [3.63, 3.8) is 0 Å². The highest BCUT2D eigenvalue weighted by atomic mass is 16.5. The fraction of sp³-hybridized carbons (Fsp3) is 0.636. The maximum Gasteiger partial charge on any atom is 0.273 e. The Morgan fingerprint density at radius 3 is 2.81 bits per heavy atom. The highest BCUT2D eigenvalue weighted by molar-refractivity contribution is 5.92. The van der Waals surface area contributed by atoms with E-state index in [2.05, 4.69) is 20.3 Å². The summed E-state index contributed by atoms with van der Waals surface area (Å²) in [7, 11) is 0. The summed E-state index contributed by atoms with van der Waals surface area (Å²) >= 11 is 0.